The van der Waals surface area contributed by atoms with Gasteiger partial charge in [0.15, 0.2) is 0 Å². The molecule has 0 bridgehead atoms. The first-order valence-corrected chi connectivity index (χ1v) is 6.80. The molecule has 3 heteroatoms. The van der Waals surface area contributed by atoms with E-state index in [0.29, 0.717) is 18.7 Å². The largest absolute Gasteiger partial charge is 0.341 e. The molecule has 0 spiro atoms. The van der Waals surface area contributed by atoms with Crippen LogP contribution in [0, 0.1) is 24.2 Å². The van der Waals surface area contributed by atoms with Gasteiger partial charge in [0.2, 0.25) is 0 Å². The highest BCUT2D eigenvalue weighted by Gasteiger charge is 2.20. The molecule has 0 heterocycles. The maximum absolute atomic E-state index is 12.5. The Hall–Kier alpha value is -1.79. The summed E-state index contributed by atoms with van der Waals surface area (Å²) in [6.07, 6.45) is 0. The predicted octanol–water partition coefficient (Wildman–Crippen LogP) is 2.42. The molecule has 0 aliphatic carbocycles. The molecular weight excluding hydrogens is 248 g/mol. The van der Waals surface area contributed by atoms with E-state index in [1.807, 2.05) is 32.2 Å². The normalized spacial score (nSPS) is 10.7. The lowest BCUT2D eigenvalue weighted by atomic mass is 9.95. The molecule has 0 unspecified atom stereocenters. The minimum Gasteiger partial charge on any atom is -0.341 e. The Kier molecular flexibility index (Phi) is 5.35. The Morgan fingerprint density at radius 3 is 2.55 bits per heavy atom. The molecule has 1 amide bonds. The molecule has 3 nitrogen and oxygen atoms in total. The quantitative estimate of drug-likeness (QED) is 0.840. The maximum Gasteiger partial charge on any atom is 0.253 e. The fourth-order valence-electron chi connectivity index (χ4n) is 2.14. The topological polar surface area (TPSA) is 46.3 Å². The first kappa shape index (κ1) is 16.3. The summed E-state index contributed by atoms with van der Waals surface area (Å²) in [6.45, 7) is 9.32. The average Bonchev–Trinajstić information content (AvgIpc) is 2.34. The van der Waals surface area contributed by atoms with Gasteiger partial charge in [-0.1, -0.05) is 38.7 Å². The molecule has 1 aromatic rings. The number of hydrogen-bond donors (Lipinski definition) is 1. The molecule has 1 aromatic carbocycles. The highest BCUT2D eigenvalue weighted by atomic mass is 16.2. The van der Waals surface area contributed by atoms with Crippen LogP contribution in [0.25, 0.3) is 0 Å². The molecule has 0 aliphatic rings. The average molecular weight is 272 g/mol. The van der Waals surface area contributed by atoms with Crippen LogP contribution in [0.2, 0.25) is 0 Å². The number of hydrogen-bond acceptors (Lipinski definition) is 2. The van der Waals surface area contributed by atoms with E-state index < -0.39 is 0 Å². The van der Waals surface area contributed by atoms with Crippen LogP contribution in [0.15, 0.2) is 18.2 Å². The standard InChI is InChI=1S/C17H24N2O/c1-13-14(9-7-11-18)8-6-10-15(13)16(20)19(5)12-17(2,3)4/h6,8,10H,11-12,18H2,1-5H3. The van der Waals surface area contributed by atoms with Crippen molar-refractivity contribution in [2.75, 3.05) is 20.1 Å². The summed E-state index contributed by atoms with van der Waals surface area (Å²) in [5.74, 6) is 5.88. The van der Waals surface area contributed by atoms with Crippen molar-refractivity contribution < 1.29 is 4.79 Å². The van der Waals surface area contributed by atoms with Crippen LogP contribution in [-0.4, -0.2) is 30.9 Å². The van der Waals surface area contributed by atoms with Gasteiger partial charge in [-0.05, 0) is 30.0 Å². The molecule has 0 aliphatic heterocycles. The van der Waals surface area contributed by atoms with E-state index in [1.54, 1.807) is 4.90 Å². The molecule has 0 saturated carbocycles. The summed E-state index contributed by atoms with van der Waals surface area (Å²) in [4.78, 5) is 14.3. The van der Waals surface area contributed by atoms with Crippen molar-refractivity contribution in [3.63, 3.8) is 0 Å². The highest BCUT2D eigenvalue weighted by Crippen LogP contribution is 2.19. The van der Waals surface area contributed by atoms with Gasteiger partial charge in [-0.2, -0.15) is 0 Å². The number of rotatable bonds is 2. The van der Waals surface area contributed by atoms with E-state index in [-0.39, 0.29) is 11.3 Å². The molecule has 108 valence electrons. The maximum atomic E-state index is 12.5. The minimum atomic E-state index is 0.0359. The number of nitrogens with zero attached hydrogens (tertiary/aromatic N) is 1. The predicted molar refractivity (Wildman–Crippen MR) is 83.5 cm³/mol. The van der Waals surface area contributed by atoms with Crippen LogP contribution in [-0.2, 0) is 0 Å². The van der Waals surface area contributed by atoms with Gasteiger partial charge in [0.25, 0.3) is 5.91 Å². The third-order valence-electron chi connectivity index (χ3n) is 2.95. The summed E-state index contributed by atoms with van der Waals surface area (Å²) in [6, 6.07) is 5.63. The van der Waals surface area contributed by atoms with E-state index >= 15 is 0 Å². The van der Waals surface area contributed by atoms with Crippen molar-refractivity contribution in [2.24, 2.45) is 11.1 Å². The summed E-state index contributed by atoms with van der Waals surface area (Å²) >= 11 is 0. The minimum absolute atomic E-state index is 0.0359. The summed E-state index contributed by atoms with van der Waals surface area (Å²) < 4.78 is 0. The van der Waals surface area contributed by atoms with E-state index in [2.05, 4.69) is 32.6 Å². The van der Waals surface area contributed by atoms with Crippen LogP contribution in [0.4, 0.5) is 0 Å². The molecule has 0 fully saturated rings. The van der Waals surface area contributed by atoms with Gasteiger partial charge in [0.1, 0.15) is 0 Å². The van der Waals surface area contributed by atoms with Crippen molar-refractivity contribution in [1.29, 1.82) is 0 Å². The van der Waals surface area contributed by atoms with Gasteiger partial charge in [0, 0.05) is 24.7 Å². The Labute approximate surface area is 122 Å². The van der Waals surface area contributed by atoms with Crippen LogP contribution < -0.4 is 5.73 Å². The third-order valence-corrected chi connectivity index (χ3v) is 2.95. The van der Waals surface area contributed by atoms with Crippen molar-refractivity contribution in [2.45, 2.75) is 27.7 Å². The molecule has 0 atom stereocenters. The van der Waals surface area contributed by atoms with Crippen molar-refractivity contribution in [3.8, 4) is 11.8 Å². The van der Waals surface area contributed by atoms with E-state index in [4.69, 9.17) is 5.73 Å². The lowest BCUT2D eigenvalue weighted by molar-refractivity contribution is 0.0745. The highest BCUT2D eigenvalue weighted by molar-refractivity contribution is 5.96. The lowest BCUT2D eigenvalue weighted by Crippen LogP contribution is -2.34. The molecular formula is C17H24N2O. The lowest BCUT2D eigenvalue weighted by Gasteiger charge is -2.27. The second kappa shape index (κ2) is 6.58. The SMILES string of the molecule is Cc1c(C#CCN)cccc1C(=O)N(C)CC(C)(C)C. The van der Waals surface area contributed by atoms with Crippen molar-refractivity contribution >= 4 is 5.91 Å². The molecule has 0 aromatic heterocycles. The number of carbonyl (C=O) groups is 1. The molecule has 1 rings (SSSR count). The monoisotopic (exact) mass is 272 g/mol. The second-order valence-electron chi connectivity index (χ2n) is 6.21. The fraction of sp³-hybridized carbons (Fsp3) is 0.471. The Morgan fingerprint density at radius 2 is 2.00 bits per heavy atom. The van der Waals surface area contributed by atoms with E-state index in [9.17, 15) is 4.79 Å². The number of amides is 1. The number of carbonyl (C=O) groups excluding carboxylic acids is 1. The number of nitrogens with two attached hydrogens (primary N) is 1. The van der Waals surface area contributed by atoms with E-state index in [1.165, 1.54) is 0 Å². The van der Waals surface area contributed by atoms with Crippen LogP contribution in [0.5, 0.6) is 0 Å². The molecule has 2 N–H and O–H groups in total. The Bertz CT molecular complexity index is 544. The van der Waals surface area contributed by atoms with Gasteiger partial charge in [-0.15, -0.1) is 0 Å². The zero-order valence-electron chi connectivity index (χ0n) is 13.1. The summed E-state index contributed by atoms with van der Waals surface area (Å²) in [7, 11) is 1.84. The zero-order valence-corrected chi connectivity index (χ0v) is 13.1. The smallest absolute Gasteiger partial charge is 0.253 e. The van der Waals surface area contributed by atoms with Gasteiger partial charge in [-0.25, -0.2) is 0 Å². The molecule has 0 radical (unpaired) electrons. The first-order chi connectivity index (χ1) is 9.26. The van der Waals surface area contributed by atoms with Crippen molar-refractivity contribution in [3.05, 3.63) is 34.9 Å². The third kappa shape index (κ3) is 4.40. The fourth-order valence-corrected chi connectivity index (χ4v) is 2.14. The van der Waals surface area contributed by atoms with Crippen LogP contribution in [0.1, 0.15) is 42.3 Å². The van der Waals surface area contributed by atoms with Crippen LogP contribution >= 0.6 is 0 Å². The number of benzene rings is 1. The van der Waals surface area contributed by atoms with Gasteiger partial charge in [-0.3, -0.25) is 4.79 Å². The van der Waals surface area contributed by atoms with Gasteiger partial charge < -0.3 is 10.6 Å². The summed E-state index contributed by atoms with van der Waals surface area (Å²) in [5.41, 5.74) is 7.96. The molecule has 20 heavy (non-hydrogen) atoms. The van der Waals surface area contributed by atoms with Gasteiger partial charge >= 0.3 is 0 Å². The Balaban J connectivity index is 3.05. The van der Waals surface area contributed by atoms with Crippen molar-refractivity contribution in [1.82, 2.24) is 4.90 Å². The van der Waals surface area contributed by atoms with Gasteiger partial charge in [0.05, 0.1) is 6.54 Å². The zero-order chi connectivity index (χ0) is 15.3. The second-order valence-corrected chi connectivity index (χ2v) is 6.21. The Morgan fingerprint density at radius 1 is 1.35 bits per heavy atom. The van der Waals surface area contributed by atoms with Crippen LogP contribution in [0.3, 0.4) is 0 Å². The first-order valence-electron chi connectivity index (χ1n) is 6.80. The summed E-state index contributed by atoms with van der Waals surface area (Å²) in [5, 5.41) is 0. The molecule has 0 saturated heterocycles. The van der Waals surface area contributed by atoms with E-state index in [0.717, 1.165) is 11.1 Å².